The fourth-order valence-electron chi connectivity index (χ4n) is 0.632. The van der Waals surface area contributed by atoms with Gasteiger partial charge in [0.1, 0.15) is 5.15 Å². The Hall–Kier alpha value is -0.645. The van der Waals surface area contributed by atoms with Crippen LogP contribution in [0.15, 0.2) is 12.1 Å². The molecular weight excluding hydrogens is 171 g/mol. The zero-order valence-corrected chi connectivity index (χ0v) is 6.09. The SMILES string of the molecule is OB(O)c1cc(F)nc(Cl)c1. The summed E-state index contributed by atoms with van der Waals surface area (Å²) in [4.78, 5) is 3.19. The van der Waals surface area contributed by atoms with Gasteiger partial charge in [0.15, 0.2) is 0 Å². The summed E-state index contributed by atoms with van der Waals surface area (Å²) in [6, 6.07) is 2.08. The lowest BCUT2D eigenvalue weighted by molar-refractivity contribution is 0.425. The smallest absolute Gasteiger partial charge is 0.423 e. The summed E-state index contributed by atoms with van der Waals surface area (Å²) in [5.74, 6) is -0.833. The van der Waals surface area contributed by atoms with Crippen molar-refractivity contribution in [2.24, 2.45) is 0 Å². The zero-order chi connectivity index (χ0) is 8.43. The van der Waals surface area contributed by atoms with Crippen LogP contribution in [0.2, 0.25) is 5.15 Å². The van der Waals surface area contributed by atoms with E-state index in [4.69, 9.17) is 21.6 Å². The van der Waals surface area contributed by atoms with E-state index < -0.39 is 13.1 Å². The van der Waals surface area contributed by atoms with Crippen LogP contribution in [0.5, 0.6) is 0 Å². The normalized spacial score (nSPS) is 9.82. The minimum Gasteiger partial charge on any atom is -0.423 e. The van der Waals surface area contributed by atoms with Crippen molar-refractivity contribution in [3.8, 4) is 0 Å². The molecule has 2 N–H and O–H groups in total. The van der Waals surface area contributed by atoms with Crippen molar-refractivity contribution in [3.05, 3.63) is 23.2 Å². The number of nitrogens with zero attached hydrogens (tertiary/aromatic N) is 1. The van der Waals surface area contributed by atoms with Gasteiger partial charge in [-0.15, -0.1) is 0 Å². The summed E-state index contributed by atoms with van der Waals surface area (Å²) in [5, 5.41) is 17.0. The lowest BCUT2D eigenvalue weighted by Crippen LogP contribution is -2.30. The maximum atomic E-state index is 12.4. The van der Waals surface area contributed by atoms with Crippen molar-refractivity contribution < 1.29 is 14.4 Å². The van der Waals surface area contributed by atoms with E-state index in [0.717, 1.165) is 6.07 Å². The molecule has 0 bridgehead atoms. The zero-order valence-electron chi connectivity index (χ0n) is 5.33. The Kier molecular flexibility index (Phi) is 2.43. The minimum absolute atomic E-state index is 0.0116. The van der Waals surface area contributed by atoms with Crippen LogP contribution in [0.4, 0.5) is 4.39 Å². The van der Waals surface area contributed by atoms with Crippen molar-refractivity contribution in [2.75, 3.05) is 0 Å². The van der Waals surface area contributed by atoms with Crippen LogP contribution in [0.1, 0.15) is 0 Å². The standard InChI is InChI=1S/C5H4BClFNO2/c7-4-1-3(6(10)11)2-5(8)9-4/h1-2,10-11H. The van der Waals surface area contributed by atoms with E-state index in [1.54, 1.807) is 0 Å². The second-order valence-electron chi connectivity index (χ2n) is 1.92. The maximum absolute atomic E-state index is 12.4. The largest absolute Gasteiger partial charge is 0.488 e. The van der Waals surface area contributed by atoms with E-state index in [1.807, 2.05) is 0 Å². The second kappa shape index (κ2) is 3.17. The van der Waals surface area contributed by atoms with Crippen LogP contribution in [0.25, 0.3) is 0 Å². The Labute approximate surface area is 67.6 Å². The molecule has 58 valence electrons. The van der Waals surface area contributed by atoms with Gasteiger partial charge < -0.3 is 10.0 Å². The predicted molar refractivity (Wildman–Crippen MR) is 39.0 cm³/mol. The fraction of sp³-hybridized carbons (Fsp3) is 0. The lowest BCUT2D eigenvalue weighted by atomic mass is 9.81. The van der Waals surface area contributed by atoms with Crippen LogP contribution in [0, 0.1) is 5.95 Å². The average Bonchev–Trinajstić information content (AvgIpc) is 1.85. The van der Waals surface area contributed by atoms with E-state index in [9.17, 15) is 4.39 Å². The molecule has 0 aromatic carbocycles. The van der Waals surface area contributed by atoms with Crippen LogP contribution in [0.3, 0.4) is 0 Å². The van der Waals surface area contributed by atoms with Crippen LogP contribution in [-0.4, -0.2) is 22.2 Å². The predicted octanol–water partition coefficient (Wildman–Crippen LogP) is -0.446. The number of rotatable bonds is 1. The molecular formula is C5H4BClFNO2. The van der Waals surface area contributed by atoms with Gasteiger partial charge in [-0.1, -0.05) is 11.6 Å². The monoisotopic (exact) mass is 175 g/mol. The van der Waals surface area contributed by atoms with E-state index in [0.29, 0.717) is 0 Å². The molecule has 1 heterocycles. The van der Waals surface area contributed by atoms with E-state index >= 15 is 0 Å². The van der Waals surface area contributed by atoms with Gasteiger partial charge in [0.2, 0.25) is 5.95 Å². The Morgan fingerprint density at radius 2 is 2.09 bits per heavy atom. The highest BCUT2D eigenvalue weighted by Gasteiger charge is 2.12. The molecule has 0 aliphatic carbocycles. The molecule has 0 unspecified atom stereocenters. The van der Waals surface area contributed by atoms with Gasteiger partial charge in [0.05, 0.1) is 0 Å². The molecule has 0 saturated heterocycles. The second-order valence-corrected chi connectivity index (χ2v) is 2.31. The molecule has 0 atom stereocenters. The van der Waals surface area contributed by atoms with Gasteiger partial charge in [0.25, 0.3) is 0 Å². The number of aromatic nitrogens is 1. The van der Waals surface area contributed by atoms with E-state index in [2.05, 4.69) is 4.98 Å². The van der Waals surface area contributed by atoms with Crippen LogP contribution >= 0.6 is 11.6 Å². The van der Waals surface area contributed by atoms with Gasteiger partial charge in [-0.05, 0) is 17.6 Å². The Morgan fingerprint density at radius 1 is 1.45 bits per heavy atom. The summed E-state index contributed by atoms with van der Waals surface area (Å²) in [7, 11) is -1.72. The highest BCUT2D eigenvalue weighted by Crippen LogP contribution is 2.02. The third-order valence-corrected chi connectivity index (χ3v) is 1.28. The number of halogens is 2. The molecule has 0 fully saturated rings. The summed E-state index contributed by atoms with van der Waals surface area (Å²) in [6.45, 7) is 0. The molecule has 0 saturated carbocycles. The van der Waals surface area contributed by atoms with Gasteiger partial charge in [-0.2, -0.15) is 4.39 Å². The minimum atomic E-state index is -1.72. The summed E-state index contributed by atoms with van der Waals surface area (Å²) < 4.78 is 12.4. The highest BCUT2D eigenvalue weighted by atomic mass is 35.5. The van der Waals surface area contributed by atoms with Crippen LogP contribution < -0.4 is 5.46 Å². The summed E-state index contributed by atoms with van der Waals surface area (Å²) in [5.41, 5.74) is -0.0116. The number of hydrogen-bond donors (Lipinski definition) is 2. The molecule has 0 aliphatic rings. The van der Waals surface area contributed by atoms with Crippen molar-refractivity contribution in [1.82, 2.24) is 4.98 Å². The van der Waals surface area contributed by atoms with Gasteiger partial charge in [-0.25, -0.2) is 4.98 Å². The van der Waals surface area contributed by atoms with Gasteiger partial charge in [0, 0.05) is 0 Å². The molecule has 1 aromatic heterocycles. The van der Waals surface area contributed by atoms with E-state index in [1.165, 1.54) is 6.07 Å². The highest BCUT2D eigenvalue weighted by molar-refractivity contribution is 6.58. The first-order chi connectivity index (χ1) is 5.09. The average molecular weight is 175 g/mol. The quantitative estimate of drug-likeness (QED) is 0.449. The topological polar surface area (TPSA) is 53.4 Å². The number of pyridine rings is 1. The van der Waals surface area contributed by atoms with Crippen LogP contribution in [-0.2, 0) is 0 Å². The lowest BCUT2D eigenvalue weighted by Gasteiger charge is -1.98. The van der Waals surface area contributed by atoms with E-state index in [-0.39, 0.29) is 10.6 Å². The third kappa shape index (κ3) is 2.15. The van der Waals surface area contributed by atoms with Gasteiger partial charge >= 0.3 is 7.12 Å². The summed E-state index contributed by atoms with van der Waals surface area (Å²) in [6.07, 6.45) is 0. The summed E-state index contributed by atoms with van der Waals surface area (Å²) >= 11 is 5.32. The van der Waals surface area contributed by atoms with Crippen molar-refractivity contribution in [2.45, 2.75) is 0 Å². The molecule has 0 amide bonds. The first-order valence-electron chi connectivity index (χ1n) is 2.78. The molecule has 0 aliphatic heterocycles. The van der Waals surface area contributed by atoms with Crippen molar-refractivity contribution in [1.29, 1.82) is 0 Å². The Bertz CT molecular complexity index is 250. The number of hydrogen-bond acceptors (Lipinski definition) is 3. The van der Waals surface area contributed by atoms with Gasteiger partial charge in [-0.3, -0.25) is 0 Å². The maximum Gasteiger partial charge on any atom is 0.488 e. The molecule has 11 heavy (non-hydrogen) atoms. The molecule has 0 radical (unpaired) electrons. The van der Waals surface area contributed by atoms with Crippen molar-refractivity contribution >= 4 is 24.2 Å². The molecule has 3 nitrogen and oxygen atoms in total. The van der Waals surface area contributed by atoms with Crippen molar-refractivity contribution in [3.63, 3.8) is 0 Å². The Balaban J connectivity index is 3.08. The molecule has 1 aromatic rings. The third-order valence-electron chi connectivity index (χ3n) is 1.08. The first-order valence-corrected chi connectivity index (χ1v) is 3.16. The molecule has 6 heteroatoms. The molecule has 1 rings (SSSR count). The first kappa shape index (κ1) is 8.45. The fourth-order valence-corrected chi connectivity index (χ4v) is 0.839. The molecule has 0 spiro atoms. The Morgan fingerprint density at radius 3 is 2.55 bits per heavy atom.